The summed E-state index contributed by atoms with van der Waals surface area (Å²) in [5.74, 6) is 1.89. The van der Waals surface area contributed by atoms with Gasteiger partial charge in [-0.1, -0.05) is 18.2 Å². The Kier molecular flexibility index (Phi) is 5.98. The van der Waals surface area contributed by atoms with Gasteiger partial charge in [-0.2, -0.15) is 11.8 Å². The average molecular weight is 396 g/mol. The van der Waals surface area contributed by atoms with Crippen molar-refractivity contribution in [3.8, 4) is 0 Å². The van der Waals surface area contributed by atoms with Crippen molar-refractivity contribution in [3.63, 3.8) is 0 Å². The molecule has 1 saturated carbocycles. The normalized spacial score (nSPS) is 19.6. The fourth-order valence-electron chi connectivity index (χ4n) is 3.70. The first-order valence-corrected chi connectivity index (χ1v) is 10.8. The van der Waals surface area contributed by atoms with E-state index in [1.165, 1.54) is 0 Å². The number of H-pyrrole nitrogens is 1. The average Bonchev–Trinajstić information content (AvgIpc) is 2.73. The highest BCUT2D eigenvalue weighted by Gasteiger charge is 2.21. The van der Waals surface area contributed by atoms with Crippen LogP contribution in [0.15, 0.2) is 53.3 Å². The third-order valence-electron chi connectivity index (χ3n) is 5.33. The maximum Gasteiger partial charge on any atom is 0.258 e. The van der Waals surface area contributed by atoms with E-state index in [-0.39, 0.29) is 5.56 Å². The lowest BCUT2D eigenvalue weighted by molar-refractivity contribution is 0.192. The fourth-order valence-corrected chi connectivity index (χ4v) is 4.84. The molecule has 28 heavy (non-hydrogen) atoms. The molecular formula is C22H25N3O2S. The molecule has 146 valence electrons. The lowest BCUT2D eigenvalue weighted by Gasteiger charge is -2.26. The minimum absolute atomic E-state index is 0.0872. The van der Waals surface area contributed by atoms with Crippen LogP contribution in [0.4, 0.5) is 11.4 Å². The minimum atomic E-state index is -0.0872. The maximum atomic E-state index is 12.4. The summed E-state index contributed by atoms with van der Waals surface area (Å²) in [5, 5.41) is 13.8. The van der Waals surface area contributed by atoms with Crippen LogP contribution in [0, 0.1) is 5.92 Å². The molecule has 1 heterocycles. The third kappa shape index (κ3) is 4.56. The number of hydrogen-bond acceptors (Lipinski definition) is 5. The highest BCUT2D eigenvalue weighted by molar-refractivity contribution is 7.99. The van der Waals surface area contributed by atoms with Crippen LogP contribution in [-0.4, -0.2) is 26.9 Å². The second kappa shape index (κ2) is 8.80. The first kappa shape index (κ1) is 19.0. The molecule has 1 fully saturated rings. The number of hydrogen-bond donors (Lipinski definition) is 3. The molecule has 5 nitrogen and oxygen atoms in total. The Labute approximate surface area is 168 Å². The van der Waals surface area contributed by atoms with Crippen molar-refractivity contribution in [2.24, 2.45) is 5.92 Å². The Morgan fingerprint density at radius 3 is 2.61 bits per heavy atom. The summed E-state index contributed by atoms with van der Waals surface area (Å²) >= 11 is 1.86. The standard InChI is InChI=1S/C22H25N3O2S/c26-13-15-6-9-18(10-7-15)28-14-21-24-20-12-17(8-11-19(20)22(27)25-21)23-16-4-2-1-3-5-16/h1-5,8,11-12,15,18,23,26H,6-7,9-10,13-14H2,(H,24,25,27). The van der Waals surface area contributed by atoms with E-state index in [2.05, 4.69) is 10.3 Å². The predicted octanol–water partition coefficient (Wildman–Crippen LogP) is 4.45. The van der Waals surface area contributed by atoms with Crippen molar-refractivity contribution < 1.29 is 5.11 Å². The number of anilines is 2. The summed E-state index contributed by atoms with van der Waals surface area (Å²) in [6.07, 6.45) is 4.42. The van der Waals surface area contributed by atoms with Crippen LogP contribution in [0.25, 0.3) is 10.9 Å². The number of benzene rings is 2. The topological polar surface area (TPSA) is 78.0 Å². The molecule has 6 heteroatoms. The molecule has 0 aliphatic heterocycles. The molecule has 0 atom stereocenters. The Bertz CT molecular complexity index is 982. The minimum Gasteiger partial charge on any atom is -0.396 e. The van der Waals surface area contributed by atoms with E-state index < -0.39 is 0 Å². The Balaban J connectivity index is 1.47. The van der Waals surface area contributed by atoms with E-state index >= 15 is 0 Å². The van der Waals surface area contributed by atoms with Gasteiger partial charge in [0.25, 0.3) is 5.56 Å². The number of para-hydroxylation sites is 1. The predicted molar refractivity (Wildman–Crippen MR) is 116 cm³/mol. The zero-order chi connectivity index (χ0) is 19.3. The number of nitrogens with zero attached hydrogens (tertiary/aromatic N) is 1. The molecule has 0 saturated heterocycles. The number of aromatic amines is 1. The summed E-state index contributed by atoms with van der Waals surface area (Å²) < 4.78 is 0. The molecule has 0 unspecified atom stereocenters. The molecule has 0 bridgehead atoms. The molecule has 0 spiro atoms. The van der Waals surface area contributed by atoms with Crippen LogP contribution in [0.3, 0.4) is 0 Å². The van der Waals surface area contributed by atoms with Gasteiger partial charge in [0.15, 0.2) is 0 Å². The number of aromatic nitrogens is 2. The molecule has 0 radical (unpaired) electrons. The molecule has 2 aromatic carbocycles. The summed E-state index contributed by atoms with van der Waals surface area (Å²) in [5.41, 5.74) is 2.54. The van der Waals surface area contributed by atoms with E-state index in [0.29, 0.717) is 34.4 Å². The summed E-state index contributed by atoms with van der Waals surface area (Å²) in [6.45, 7) is 0.302. The molecule has 1 aliphatic rings. The smallest absolute Gasteiger partial charge is 0.258 e. The van der Waals surface area contributed by atoms with Crippen molar-refractivity contribution in [1.82, 2.24) is 9.97 Å². The second-order valence-corrected chi connectivity index (χ2v) is 8.66. The van der Waals surface area contributed by atoms with Crippen molar-refractivity contribution in [2.45, 2.75) is 36.7 Å². The van der Waals surface area contributed by atoms with Crippen LogP contribution >= 0.6 is 11.8 Å². The molecule has 1 aliphatic carbocycles. The van der Waals surface area contributed by atoms with Crippen molar-refractivity contribution in [3.05, 3.63) is 64.7 Å². The van der Waals surface area contributed by atoms with E-state index in [1.807, 2.05) is 60.3 Å². The molecule has 3 N–H and O–H groups in total. The van der Waals surface area contributed by atoms with Gasteiger partial charge in [0.1, 0.15) is 5.82 Å². The number of rotatable bonds is 6. The first-order valence-electron chi connectivity index (χ1n) is 9.79. The van der Waals surface area contributed by atoms with Crippen LogP contribution in [0.5, 0.6) is 0 Å². The SMILES string of the molecule is O=c1[nH]c(CSC2CCC(CO)CC2)nc2cc(Nc3ccccc3)ccc12. The van der Waals surface area contributed by atoms with E-state index in [1.54, 1.807) is 0 Å². The third-order valence-corrected chi connectivity index (χ3v) is 6.71. The molecular weight excluding hydrogens is 370 g/mol. The number of nitrogens with one attached hydrogen (secondary N) is 2. The Morgan fingerprint density at radius 1 is 1.07 bits per heavy atom. The highest BCUT2D eigenvalue weighted by Crippen LogP contribution is 2.33. The van der Waals surface area contributed by atoms with Gasteiger partial charge in [0.2, 0.25) is 0 Å². The zero-order valence-corrected chi connectivity index (χ0v) is 16.5. The number of aliphatic hydroxyl groups excluding tert-OH is 1. The monoisotopic (exact) mass is 395 g/mol. The summed E-state index contributed by atoms with van der Waals surface area (Å²) in [6, 6.07) is 15.6. The van der Waals surface area contributed by atoms with Gasteiger partial charge in [0, 0.05) is 23.2 Å². The van der Waals surface area contributed by atoms with Gasteiger partial charge in [-0.15, -0.1) is 0 Å². The van der Waals surface area contributed by atoms with E-state index in [0.717, 1.165) is 42.9 Å². The van der Waals surface area contributed by atoms with Gasteiger partial charge in [-0.3, -0.25) is 4.79 Å². The number of thioether (sulfide) groups is 1. The maximum absolute atomic E-state index is 12.4. The highest BCUT2D eigenvalue weighted by atomic mass is 32.2. The summed E-state index contributed by atoms with van der Waals surface area (Å²) in [4.78, 5) is 20.1. The van der Waals surface area contributed by atoms with Crippen LogP contribution in [0.2, 0.25) is 0 Å². The van der Waals surface area contributed by atoms with Gasteiger partial charge in [0.05, 0.1) is 16.7 Å². The Morgan fingerprint density at radius 2 is 1.86 bits per heavy atom. The number of aliphatic hydroxyl groups is 1. The first-order chi connectivity index (χ1) is 13.7. The molecule has 0 amide bonds. The van der Waals surface area contributed by atoms with Crippen molar-refractivity contribution >= 4 is 34.0 Å². The van der Waals surface area contributed by atoms with Gasteiger partial charge in [-0.25, -0.2) is 4.98 Å². The van der Waals surface area contributed by atoms with Gasteiger partial charge >= 0.3 is 0 Å². The second-order valence-electron chi connectivity index (χ2n) is 7.37. The lowest BCUT2D eigenvalue weighted by Crippen LogP contribution is -2.19. The zero-order valence-electron chi connectivity index (χ0n) is 15.7. The van der Waals surface area contributed by atoms with Crippen LogP contribution in [-0.2, 0) is 5.75 Å². The van der Waals surface area contributed by atoms with E-state index in [9.17, 15) is 9.90 Å². The quantitative estimate of drug-likeness (QED) is 0.575. The largest absolute Gasteiger partial charge is 0.396 e. The van der Waals surface area contributed by atoms with Crippen LogP contribution in [0.1, 0.15) is 31.5 Å². The van der Waals surface area contributed by atoms with Gasteiger partial charge in [-0.05, 0) is 61.9 Å². The number of fused-ring (bicyclic) bond motifs is 1. The molecule has 1 aromatic heterocycles. The van der Waals surface area contributed by atoms with E-state index in [4.69, 9.17) is 4.98 Å². The fraction of sp³-hybridized carbons (Fsp3) is 0.364. The molecule has 4 rings (SSSR count). The molecule has 3 aromatic rings. The Hall–Kier alpha value is -2.31. The van der Waals surface area contributed by atoms with Crippen molar-refractivity contribution in [2.75, 3.05) is 11.9 Å². The van der Waals surface area contributed by atoms with Gasteiger partial charge < -0.3 is 15.4 Å². The van der Waals surface area contributed by atoms with Crippen molar-refractivity contribution in [1.29, 1.82) is 0 Å². The van der Waals surface area contributed by atoms with Crippen LogP contribution < -0.4 is 10.9 Å². The summed E-state index contributed by atoms with van der Waals surface area (Å²) in [7, 11) is 0. The lowest BCUT2D eigenvalue weighted by atomic mass is 9.90.